The third kappa shape index (κ3) is 5.68. The number of ketones is 1. The Hall–Kier alpha value is -2.78. The average Bonchev–Trinajstić information content (AvgIpc) is 2.82. The topological polar surface area (TPSA) is 20.3 Å². The van der Waals surface area contributed by atoms with Gasteiger partial charge in [-0.15, -0.1) is 0 Å². The number of halogens is 1. The molecule has 0 saturated carbocycles. The van der Waals surface area contributed by atoms with Gasteiger partial charge in [0.25, 0.3) is 0 Å². The molecular weight excluding hydrogens is 385 g/mol. The van der Waals surface area contributed by atoms with E-state index in [1.165, 1.54) is 36.1 Å². The molecule has 0 atom stereocenters. The molecule has 1 heterocycles. The summed E-state index contributed by atoms with van der Waals surface area (Å²) in [5.74, 6) is 0.860. The number of hydrogen-bond donors (Lipinski definition) is 0. The molecule has 0 N–H and O–H groups in total. The fraction of sp³-hybridized carbons (Fsp3) is 0.321. The molecule has 1 aliphatic heterocycles. The van der Waals surface area contributed by atoms with E-state index in [-0.39, 0.29) is 11.6 Å². The SMILES string of the molecule is O=C(CCCN1CCC(C(c2ccccc2)c2ccccc2)CC1)c1ccc(F)cc1. The number of carbonyl (C=O) groups is 1. The zero-order chi connectivity index (χ0) is 21.5. The normalized spacial score (nSPS) is 15.3. The van der Waals surface area contributed by atoms with Crippen LogP contribution >= 0.6 is 0 Å². The summed E-state index contributed by atoms with van der Waals surface area (Å²) in [6.07, 6.45) is 3.70. The Balaban J connectivity index is 1.31. The third-order valence-electron chi connectivity index (χ3n) is 6.47. The maximum atomic E-state index is 13.0. The Kier molecular flexibility index (Phi) is 7.26. The summed E-state index contributed by atoms with van der Waals surface area (Å²) in [6, 6.07) is 27.6. The van der Waals surface area contributed by atoms with Crippen LogP contribution in [0.3, 0.4) is 0 Å². The van der Waals surface area contributed by atoms with Crippen LogP contribution in [0.4, 0.5) is 4.39 Å². The van der Waals surface area contributed by atoms with Gasteiger partial charge in [-0.05, 0) is 80.2 Å². The van der Waals surface area contributed by atoms with Gasteiger partial charge in [-0.25, -0.2) is 4.39 Å². The molecule has 3 aromatic carbocycles. The van der Waals surface area contributed by atoms with Crippen molar-refractivity contribution in [1.82, 2.24) is 4.90 Å². The van der Waals surface area contributed by atoms with E-state index in [2.05, 4.69) is 65.6 Å². The van der Waals surface area contributed by atoms with Crippen molar-refractivity contribution in [2.75, 3.05) is 19.6 Å². The molecule has 1 fully saturated rings. The van der Waals surface area contributed by atoms with E-state index in [1.807, 2.05) is 0 Å². The summed E-state index contributed by atoms with van der Waals surface area (Å²) in [5, 5.41) is 0. The highest BCUT2D eigenvalue weighted by molar-refractivity contribution is 5.95. The third-order valence-corrected chi connectivity index (χ3v) is 6.47. The highest BCUT2D eigenvalue weighted by Gasteiger charge is 2.28. The molecule has 1 aliphatic rings. The average molecular weight is 416 g/mol. The summed E-state index contributed by atoms with van der Waals surface area (Å²) in [5.41, 5.74) is 3.41. The van der Waals surface area contributed by atoms with Gasteiger partial charge in [-0.3, -0.25) is 4.79 Å². The van der Waals surface area contributed by atoms with Crippen LogP contribution in [0.2, 0.25) is 0 Å². The molecule has 4 rings (SSSR count). The Morgan fingerprint density at radius 3 is 1.94 bits per heavy atom. The first-order valence-corrected chi connectivity index (χ1v) is 11.3. The van der Waals surface area contributed by atoms with E-state index >= 15 is 0 Å². The van der Waals surface area contributed by atoms with Crippen LogP contribution in [0, 0.1) is 11.7 Å². The van der Waals surface area contributed by atoms with Crippen molar-refractivity contribution in [1.29, 1.82) is 0 Å². The van der Waals surface area contributed by atoms with Crippen LogP contribution in [0.1, 0.15) is 53.1 Å². The maximum Gasteiger partial charge on any atom is 0.162 e. The largest absolute Gasteiger partial charge is 0.303 e. The minimum absolute atomic E-state index is 0.100. The van der Waals surface area contributed by atoms with E-state index in [0.29, 0.717) is 23.8 Å². The van der Waals surface area contributed by atoms with Gasteiger partial charge < -0.3 is 4.90 Å². The van der Waals surface area contributed by atoms with Gasteiger partial charge in [0.1, 0.15) is 5.82 Å². The van der Waals surface area contributed by atoms with Crippen LogP contribution in [-0.2, 0) is 0 Å². The Morgan fingerprint density at radius 2 is 1.39 bits per heavy atom. The molecule has 0 bridgehead atoms. The van der Waals surface area contributed by atoms with Crippen molar-refractivity contribution < 1.29 is 9.18 Å². The number of benzene rings is 3. The molecule has 0 aromatic heterocycles. The molecule has 3 heteroatoms. The van der Waals surface area contributed by atoms with E-state index in [1.54, 1.807) is 12.1 Å². The molecule has 0 radical (unpaired) electrons. The first kappa shape index (κ1) is 21.5. The Labute approximate surface area is 184 Å². The molecule has 0 aliphatic carbocycles. The summed E-state index contributed by atoms with van der Waals surface area (Å²) in [4.78, 5) is 14.8. The molecule has 160 valence electrons. The molecule has 0 unspecified atom stereocenters. The van der Waals surface area contributed by atoms with Crippen molar-refractivity contribution in [2.45, 2.75) is 31.6 Å². The zero-order valence-corrected chi connectivity index (χ0v) is 17.9. The number of rotatable bonds is 8. The number of likely N-dealkylation sites (tertiary alicyclic amines) is 1. The number of carbonyl (C=O) groups excluding carboxylic acids is 1. The van der Waals surface area contributed by atoms with Gasteiger partial charge in [0, 0.05) is 17.9 Å². The molecule has 0 spiro atoms. The first-order valence-electron chi connectivity index (χ1n) is 11.3. The van der Waals surface area contributed by atoms with Gasteiger partial charge >= 0.3 is 0 Å². The monoisotopic (exact) mass is 415 g/mol. The smallest absolute Gasteiger partial charge is 0.162 e. The van der Waals surface area contributed by atoms with E-state index in [4.69, 9.17) is 0 Å². The molecule has 31 heavy (non-hydrogen) atoms. The van der Waals surface area contributed by atoms with Crippen molar-refractivity contribution >= 4 is 5.78 Å². The lowest BCUT2D eigenvalue weighted by Crippen LogP contribution is -2.36. The molecule has 0 amide bonds. The van der Waals surface area contributed by atoms with Gasteiger partial charge in [0.2, 0.25) is 0 Å². The summed E-state index contributed by atoms with van der Waals surface area (Å²) >= 11 is 0. The molecule has 1 saturated heterocycles. The highest BCUT2D eigenvalue weighted by atomic mass is 19.1. The van der Waals surface area contributed by atoms with Gasteiger partial charge in [-0.1, -0.05) is 60.7 Å². The number of Topliss-reactive ketones (excluding diaryl/α,β-unsaturated/α-hetero) is 1. The number of nitrogens with zero attached hydrogens (tertiary/aromatic N) is 1. The number of piperidine rings is 1. The highest BCUT2D eigenvalue weighted by Crippen LogP contribution is 2.37. The molecular formula is C28H30FNO. The van der Waals surface area contributed by atoms with Crippen molar-refractivity contribution in [3.05, 3.63) is 107 Å². The predicted molar refractivity (Wildman–Crippen MR) is 124 cm³/mol. The quantitative estimate of drug-likeness (QED) is 0.401. The second-order valence-corrected chi connectivity index (χ2v) is 8.51. The second kappa shape index (κ2) is 10.5. The minimum Gasteiger partial charge on any atom is -0.303 e. The number of hydrogen-bond acceptors (Lipinski definition) is 2. The van der Waals surface area contributed by atoms with Gasteiger partial charge in [-0.2, -0.15) is 0 Å². The lowest BCUT2D eigenvalue weighted by Gasteiger charge is -2.36. The zero-order valence-electron chi connectivity index (χ0n) is 17.9. The van der Waals surface area contributed by atoms with Crippen molar-refractivity contribution in [3.8, 4) is 0 Å². The maximum absolute atomic E-state index is 13.0. The van der Waals surface area contributed by atoms with E-state index < -0.39 is 0 Å². The van der Waals surface area contributed by atoms with E-state index in [9.17, 15) is 9.18 Å². The van der Waals surface area contributed by atoms with Crippen LogP contribution in [0.5, 0.6) is 0 Å². The van der Waals surface area contributed by atoms with Crippen LogP contribution in [0.15, 0.2) is 84.9 Å². The van der Waals surface area contributed by atoms with E-state index in [0.717, 1.165) is 26.1 Å². The Morgan fingerprint density at radius 1 is 0.839 bits per heavy atom. The first-order chi connectivity index (χ1) is 15.2. The summed E-state index contributed by atoms with van der Waals surface area (Å²) < 4.78 is 13.0. The predicted octanol–water partition coefficient (Wildman–Crippen LogP) is 6.33. The standard InChI is InChI=1S/C28H30FNO/c29-26-15-13-22(14-16-26)27(31)12-7-19-30-20-17-25(18-21-30)28(23-8-3-1-4-9-23)24-10-5-2-6-11-24/h1-6,8-11,13-16,25,28H,7,12,17-21H2. The van der Waals surface area contributed by atoms with Crippen molar-refractivity contribution in [2.24, 2.45) is 5.92 Å². The van der Waals surface area contributed by atoms with Crippen LogP contribution in [-0.4, -0.2) is 30.3 Å². The van der Waals surface area contributed by atoms with Gasteiger partial charge in [0.05, 0.1) is 0 Å². The summed E-state index contributed by atoms with van der Waals surface area (Å²) in [7, 11) is 0. The van der Waals surface area contributed by atoms with Crippen LogP contribution < -0.4 is 0 Å². The minimum atomic E-state index is -0.302. The lowest BCUT2D eigenvalue weighted by molar-refractivity contribution is 0.0969. The fourth-order valence-corrected chi connectivity index (χ4v) is 4.81. The molecule has 2 nitrogen and oxygen atoms in total. The second-order valence-electron chi connectivity index (χ2n) is 8.51. The van der Waals surface area contributed by atoms with Gasteiger partial charge in [0.15, 0.2) is 5.78 Å². The summed E-state index contributed by atoms with van der Waals surface area (Å²) in [6.45, 7) is 3.10. The Bertz CT molecular complexity index is 908. The lowest BCUT2D eigenvalue weighted by atomic mass is 9.76. The molecule has 3 aromatic rings. The fourth-order valence-electron chi connectivity index (χ4n) is 4.81. The van der Waals surface area contributed by atoms with Crippen LogP contribution in [0.25, 0.3) is 0 Å². The van der Waals surface area contributed by atoms with Crippen molar-refractivity contribution in [3.63, 3.8) is 0 Å².